The number of ether oxygens (including phenoxy) is 1. The molecule has 21 heavy (non-hydrogen) atoms. The second-order valence-corrected chi connectivity index (χ2v) is 6.68. The van der Waals surface area contributed by atoms with Crippen molar-refractivity contribution in [2.24, 2.45) is 0 Å². The third-order valence-electron chi connectivity index (χ3n) is 3.17. The molecule has 0 amide bonds. The monoisotopic (exact) mass is 301 g/mol. The number of hydrogen-bond donors (Lipinski definition) is 0. The maximum Gasteiger partial charge on any atom is 0.198 e. The average molecular weight is 301 g/mol. The summed E-state index contributed by atoms with van der Waals surface area (Å²) in [6.07, 6.45) is 0. The van der Waals surface area contributed by atoms with Gasteiger partial charge in [0, 0.05) is 0 Å². The van der Waals surface area contributed by atoms with Crippen molar-refractivity contribution >= 4 is 9.84 Å². The fourth-order valence-corrected chi connectivity index (χ4v) is 3.42. The number of hydrogen-bond acceptors (Lipinski definition) is 4. The van der Waals surface area contributed by atoms with Gasteiger partial charge in [-0.2, -0.15) is 5.26 Å². The predicted octanol–water partition coefficient (Wildman–Crippen LogP) is 3.04. The number of nitriles is 1. The first-order valence-corrected chi connectivity index (χ1v) is 7.88. The van der Waals surface area contributed by atoms with E-state index in [0.717, 1.165) is 5.56 Å². The number of methoxy groups -OCH3 is 1. The molecule has 0 saturated heterocycles. The van der Waals surface area contributed by atoms with Crippen LogP contribution in [0.5, 0.6) is 5.75 Å². The van der Waals surface area contributed by atoms with Crippen molar-refractivity contribution in [3.05, 3.63) is 59.7 Å². The number of aryl methyl sites for hydroxylation is 1. The summed E-state index contributed by atoms with van der Waals surface area (Å²) in [6, 6.07) is 14.9. The van der Waals surface area contributed by atoms with Gasteiger partial charge < -0.3 is 4.74 Å². The number of benzene rings is 2. The lowest BCUT2D eigenvalue weighted by molar-refractivity contribution is 0.414. The van der Waals surface area contributed by atoms with Crippen LogP contribution in [0, 0.1) is 18.3 Å². The molecule has 1 unspecified atom stereocenters. The van der Waals surface area contributed by atoms with E-state index in [1.807, 2.05) is 13.0 Å². The molecule has 108 valence electrons. The summed E-state index contributed by atoms with van der Waals surface area (Å²) >= 11 is 0. The molecule has 0 aliphatic rings. The molecule has 0 N–H and O–H groups in total. The average Bonchev–Trinajstić information content (AvgIpc) is 2.48. The highest BCUT2D eigenvalue weighted by atomic mass is 32.2. The Morgan fingerprint density at radius 2 is 1.81 bits per heavy atom. The van der Waals surface area contributed by atoms with Gasteiger partial charge in [0.25, 0.3) is 0 Å². The lowest BCUT2D eigenvalue weighted by Gasteiger charge is -2.12. The first kappa shape index (κ1) is 15.1. The largest absolute Gasteiger partial charge is 0.497 e. The molecule has 2 aromatic carbocycles. The van der Waals surface area contributed by atoms with Crippen molar-refractivity contribution in [3.63, 3.8) is 0 Å². The van der Waals surface area contributed by atoms with E-state index in [4.69, 9.17) is 4.74 Å². The van der Waals surface area contributed by atoms with E-state index in [0.29, 0.717) is 11.3 Å². The summed E-state index contributed by atoms with van der Waals surface area (Å²) in [5.74, 6) is 0.520. The van der Waals surface area contributed by atoms with Crippen LogP contribution in [0.15, 0.2) is 53.4 Å². The summed E-state index contributed by atoms with van der Waals surface area (Å²) < 4.78 is 30.3. The smallest absolute Gasteiger partial charge is 0.198 e. The molecule has 0 spiro atoms. The fraction of sp³-hybridized carbons (Fsp3) is 0.188. The Morgan fingerprint density at radius 3 is 2.38 bits per heavy atom. The number of nitrogens with zero attached hydrogens (tertiary/aromatic N) is 1. The first-order valence-electron chi connectivity index (χ1n) is 6.33. The summed E-state index contributed by atoms with van der Waals surface area (Å²) in [4.78, 5) is 0.141. The van der Waals surface area contributed by atoms with Gasteiger partial charge in [0.15, 0.2) is 15.1 Å². The summed E-state index contributed by atoms with van der Waals surface area (Å²) in [7, 11) is -2.27. The molecule has 0 radical (unpaired) electrons. The lowest BCUT2D eigenvalue weighted by atomic mass is 10.1. The molecule has 2 rings (SSSR count). The molecule has 0 aliphatic carbocycles. The van der Waals surface area contributed by atoms with Gasteiger partial charge in [0.1, 0.15) is 5.75 Å². The van der Waals surface area contributed by atoms with Crippen LogP contribution in [0.2, 0.25) is 0 Å². The van der Waals surface area contributed by atoms with E-state index in [1.54, 1.807) is 36.4 Å². The third kappa shape index (κ3) is 3.06. The summed E-state index contributed by atoms with van der Waals surface area (Å²) in [6.45, 7) is 1.88. The van der Waals surface area contributed by atoms with Crippen LogP contribution in [0.4, 0.5) is 0 Å². The summed E-state index contributed by atoms with van der Waals surface area (Å²) in [5.41, 5.74) is 1.36. The quantitative estimate of drug-likeness (QED) is 0.870. The van der Waals surface area contributed by atoms with Crippen LogP contribution >= 0.6 is 0 Å². The van der Waals surface area contributed by atoms with Crippen molar-refractivity contribution in [1.82, 2.24) is 0 Å². The van der Waals surface area contributed by atoms with Gasteiger partial charge in [-0.25, -0.2) is 8.42 Å². The van der Waals surface area contributed by atoms with Gasteiger partial charge in [-0.1, -0.05) is 29.8 Å². The van der Waals surface area contributed by atoms with Gasteiger partial charge >= 0.3 is 0 Å². The maximum absolute atomic E-state index is 12.6. The molecule has 0 aromatic heterocycles. The number of sulfone groups is 1. The molecule has 0 bridgehead atoms. The lowest BCUT2D eigenvalue weighted by Crippen LogP contribution is -2.12. The van der Waals surface area contributed by atoms with Gasteiger partial charge in [-0.15, -0.1) is 0 Å². The van der Waals surface area contributed by atoms with Crippen LogP contribution in [-0.2, 0) is 9.84 Å². The van der Waals surface area contributed by atoms with Crippen molar-refractivity contribution in [2.75, 3.05) is 7.11 Å². The molecule has 5 heteroatoms. The van der Waals surface area contributed by atoms with Crippen LogP contribution < -0.4 is 4.74 Å². The highest BCUT2D eigenvalue weighted by Gasteiger charge is 2.29. The van der Waals surface area contributed by atoms with Crippen LogP contribution in [0.1, 0.15) is 16.4 Å². The molecule has 0 aliphatic heterocycles. The highest BCUT2D eigenvalue weighted by molar-refractivity contribution is 7.92. The molecule has 4 nitrogen and oxygen atoms in total. The van der Waals surface area contributed by atoms with E-state index in [1.165, 1.54) is 19.2 Å². The van der Waals surface area contributed by atoms with Gasteiger partial charge in [0.05, 0.1) is 18.1 Å². The highest BCUT2D eigenvalue weighted by Crippen LogP contribution is 2.30. The minimum absolute atomic E-state index is 0.141. The Labute approximate surface area is 124 Å². The first-order chi connectivity index (χ1) is 9.98. The van der Waals surface area contributed by atoms with E-state index in [2.05, 4.69) is 0 Å². The van der Waals surface area contributed by atoms with Crippen LogP contribution in [-0.4, -0.2) is 15.5 Å². The SMILES string of the molecule is COc1cccc(C(C#N)S(=O)(=O)c2ccc(C)cc2)c1. The minimum atomic E-state index is -3.76. The predicted molar refractivity (Wildman–Crippen MR) is 79.7 cm³/mol. The van der Waals surface area contributed by atoms with E-state index in [-0.39, 0.29) is 4.90 Å². The Kier molecular flexibility index (Phi) is 4.29. The Hall–Kier alpha value is -2.32. The standard InChI is InChI=1S/C16H15NO3S/c1-12-6-8-15(9-7-12)21(18,19)16(11-17)13-4-3-5-14(10-13)20-2/h3-10,16H,1-2H3. The molecular weight excluding hydrogens is 286 g/mol. The van der Waals surface area contributed by atoms with E-state index in [9.17, 15) is 13.7 Å². The molecule has 0 fully saturated rings. The van der Waals surface area contributed by atoms with E-state index < -0.39 is 15.1 Å². The molecular formula is C16H15NO3S. The normalized spacial score (nSPS) is 12.4. The van der Waals surface area contributed by atoms with Crippen molar-refractivity contribution in [2.45, 2.75) is 17.1 Å². The van der Waals surface area contributed by atoms with Crippen molar-refractivity contribution in [1.29, 1.82) is 5.26 Å². The maximum atomic E-state index is 12.6. The Morgan fingerprint density at radius 1 is 1.14 bits per heavy atom. The van der Waals surface area contributed by atoms with E-state index >= 15 is 0 Å². The minimum Gasteiger partial charge on any atom is -0.497 e. The zero-order valence-corrected chi connectivity index (χ0v) is 12.6. The zero-order chi connectivity index (χ0) is 15.5. The van der Waals surface area contributed by atoms with Gasteiger partial charge in [0.2, 0.25) is 0 Å². The van der Waals surface area contributed by atoms with Crippen molar-refractivity contribution in [3.8, 4) is 11.8 Å². The second-order valence-electron chi connectivity index (χ2n) is 4.64. The second kappa shape index (κ2) is 5.98. The summed E-state index contributed by atoms with van der Waals surface area (Å²) in [5, 5.41) is 8.07. The van der Waals surface area contributed by atoms with Crippen molar-refractivity contribution < 1.29 is 13.2 Å². The topological polar surface area (TPSA) is 67.2 Å². The molecule has 2 aromatic rings. The number of rotatable bonds is 4. The molecule has 0 heterocycles. The molecule has 1 atom stereocenters. The Bertz CT molecular complexity index is 774. The molecule has 0 saturated carbocycles. The fourth-order valence-electron chi connectivity index (χ4n) is 1.99. The van der Waals surface area contributed by atoms with Gasteiger partial charge in [-0.05, 0) is 36.8 Å². The Balaban J connectivity index is 2.49. The van der Waals surface area contributed by atoms with Crippen LogP contribution in [0.25, 0.3) is 0 Å². The zero-order valence-electron chi connectivity index (χ0n) is 11.8. The van der Waals surface area contributed by atoms with Crippen LogP contribution in [0.3, 0.4) is 0 Å². The van der Waals surface area contributed by atoms with Gasteiger partial charge in [-0.3, -0.25) is 0 Å². The third-order valence-corrected chi connectivity index (χ3v) is 5.10.